The number of benzene rings is 1. The average Bonchev–Trinajstić information content (AvgIpc) is 3.59. The van der Waals surface area contributed by atoms with Gasteiger partial charge in [0.05, 0.1) is 46.5 Å². The van der Waals surface area contributed by atoms with Gasteiger partial charge in [0.25, 0.3) is 0 Å². The number of halogens is 3. The number of amides is 1. The monoisotopic (exact) mass is 497 g/mol. The minimum absolute atomic E-state index is 0.0638. The Morgan fingerprint density at radius 2 is 1.83 bits per heavy atom. The highest BCUT2D eigenvalue weighted by molar-refractivity contribution is 6.01. The van der Waals surface area contributed by atoms with Crippen molar-refractivity contribution in [1.29, 1.82) is 0 Å². The standard InChI is InChI=1S/C26H26F3N5O2/c1-15-3-4-21(20(7-15)26(27,28)29)34-19-8-16(2)22(32-13-19)14-33-24(36)25(5-6-25)10-23(35)17-9-18(30)12-31-11-17/h3-4,7-9,11-13,34H,5-6,10,14,30H2,1-2H3,(H,33,36). The maximum absolute atomic E-state index is 13.4. The van der Waals surface area contributed by atoms with Crippen LogP contribution in [-0.4, -0.2) is 21.7 Å². The highest BCUT2D eigenvalue weighted by atomic mass is 19.4. The summed E-state index contributed by atoms with van der Waals surface area (Å²) in [6.45, 7) is 3.51. The Kier molecular flexibility index (Phi) is 6.71. The van der Waals surface area contributed by atoms with E-state index in [4.69, 9.17) is 5.73 Å². The molecule has 4 N–H and O–H groups in total. The number of anilines is 3. The first-order valence-electron chi connectivity index (χ1n) is 11.4. The number of hydrogen-bond donors (Lipinski definition) is 3. The van der Waals surface area contributed by atoms with Crippen LogP contribution in [0.5, 0.6) is 0 Å². The predicted octanol–water partition coefficient (Wildman–Crippen LogP) is 5.11. The number of aromatic nitrogens is 2. The molecule has 0 unspecified atom stereocenters. The highest BCUT2D eigenvalue weighted by Gasteiger charge is 2.51. The van der Waals surface area contributed by atoms with Crippen molar-refractivity contribution in [2.75, 3.05) is 11.1 Å². The first kappa shape index (κ1) is 25.2. The Morgan fingerprint density at radius 1 is 1.08 bits per heavy atom. The minimum Gasteiger partial charge on any atom is -0.397 e. The molecule has 1 aliphatic carbocycles. The molecule has 3 aromatic rings. The Balaban J connectivity index is 1.39. The number of carbonyl (C=O) groups excluding carboxylic acids is 2. The van der Waals surface area contributed by atoms with Gasteiger partial charge < -0.3 is 16.4 Å². The van der Waals surface area contributed by atoms with Crippen molar-refractivity contribution < 1.29 is 22.8 Å². The van der Waals surface area contributed by atoms with Gasteiger partial charge in [0.1, 0.15) is 0 Å². The molecule has 1 fully saturated rings. The van der Waals surface area contributed by atoms with Crippen LogP contribution in [0.2, 0.25) is 0 Å². The van der Waals surface area contributed by atoms with Gasteiger partial charge in [0.15, 0.2) is 5.78 Å². The molecule has 0 saturated heterocycles. The Labute approximate surface area is 206 Å². The quantitative estimate of drug-likeness (QED) is 0.373. The first-order valence-corrected chi connectivity index (χ1v) is 11.4. The lowest BCUT2D eigenvalue weighted by molar-refractivity contribution is -0.137. The molecule has 4 rings (SSSR count). The molecule has 0 atom stereocenters. The van der Waals surface area contributed by atoms with Crippen molar-refractivity contribution in [3.05, 3.63) is 76.9 Å². The highest BCUT2D eigenvalue weighted by Crippen LogP contribution is 2.49. The Hall–Kier alpha value is -3.95. The van der Waals surface area contributed by atoms with Crippen LogP contribution >= 0.6 is 0 Å². The van der Waals surface area contributed by atoms with Crippen LogP contribution in [0.3, 0.4) is 0 Å². The zero-order chi connectivity index (χ0) is 26.1. The van der Waals surface area contributed by atoms with Crippen molar-refractivity contribution in [1.82, 2.24) is 15.3 Å². The van der Waals surface area contributed by atoms with Gasteiger partial charge in [0.2, 0.25) is 5.91 Å². The van der Waals surface area contributed by atoms with Crippen molar-refractivity contribution in [2.45, 2.75) is 45.8 Å². The largest absolute Gasteiger partial charge is 0.418 e. The summed E-state index contributed by atoms with van der Waals surface area (Å²) in [6, 6.07) is 7.30. The molecular formula is C26H26F3N5O2. The number of nitrogens with one attached hydrogen (secondary N) is 2. The maximum Gasteiger partial charge on any atom is 0.418 e. The van der Waals surface area contributed by atoms with Gasteiger partial charge >= 0.3 is 6.18 Å². The van der Waals surface area contributed by atoms with E-state index in [-0.39, 0.29) is 30.3 Å². The van der Waals surface area contributed by atoms with Gasteiger partial charge in [-0.25, -0.2) is 0 Å². The van der Waals surface area contributed by atoms with Crippen LogP contribution in [0, 0.1) is 19.3 Å². The van der Waals surface area contributed by atoms with E-state index < -0.39 is 17.2 Å². The van der Waals surface area contributed by atoms with E-state index >= 15 is 0 Å². The summed E-state index contributed by atoms with van der Waals surface area (Å²) < 4.78 is 40.3. The number of nitrogens with zero attached hydrogens (tertiary/aromatic N) is 2. The number of nitrogen functional groups attached to an aromatic ring is 1. The molecular weight excluding hydrogens is 471 g/mol. The third-order valence-electron chi connectivity index (χ3n) is 6.28. The molecule has 0 spiro atoms. The summed E-state index contributed by atoms with van der Waals surface area (Å²) in [5.41, 5.74) is 7.06. The van der Waals surface area contributed by atoms with Gasteiger partial charge in [-0.05, 0) is 56.5 Å². The fourth-order valence-corrected chi connectivity index (χ4v) is 4.02. The molecule has 2 aromatic heterocycles. The molecule has 36 heavy (non-hydrogen) atoms. The fraction of sp³-hybridized carbons (Fsp3) is 0.308. The zero-order valence-electron chi connectivity index (χ0n) is 19.9. The second kappa shape index (κ2) is 9.60. The number of aryl methyl sites for hydroxylation is 2. The number of hydrogen-bond acceptors (Lipinski definition) is 6. The summed E-state index contributed by atoms with van der Waals surface area (Å²) in [5, 5.41) is 5.65. The first-order chi connectivity index (χ1) is 17.0. The van der Waals surface area contributed by atoms with E-state index in [1.807, 2.05) is 0 Å². The smallest absolute Gasteiger partial charge is 0.397 e. The lowest BCUT2D eigenvalue weighted by Gasteiger charge is -2.17. The molecule has 1 aliphatic rings. The van der Waals surface area contributed by atoms with Gasteiger partial charge in [-0.1, -0.05) is 11.6 Å². The van der Waals surface area contributed by atoms with Crippen LogP contribution < -0.4 is 16.4 Å². The second-order valence-electron chi connectivity index (χ2n) is 9.23. The van der Waals surface area contributed by atoms with Crippen molar-refractivity contribution >= 4 is 28.8 Å². The van der Waals surface area contributed by atoms with E-state index in [0.717, 1.165) is 6.07 Å². The third kappa shape index (κ3) is 5.64. The lowest BCUT2D eigenvalue weighted by Crippen LogP contribution is -2.33. The number of ketones is 1. The minimum atomic E-state index is -4.50. The van der Waals surface area contributed by atoms with Gasteiger partial charge in [0, 0.05) is 24.4 Å². The fourth-order valence-electron chi connectivity index (χ4n) is 4.02. The van der Waals surface area contributed by atoms with Crippen LogP contribution in [0.4, 0.5) is 30.2 Å². The van der Waals surface area contributed by atoms with E-state index in [9.17, 15) is 22.8 Å². The molecule has 7 nitrogen and oxygen atoms in total. The van der Waals surface area contributed by atoms with Crippen LogP contribution in [0.25, 0.3) is 0 Å². The van der Waals surface area contributed by atoms with Crippen molar-refractivity contribution in [3.8, 4) is 0 Å². The lowest BCUT2D eigenvalue weighted by atomic mass is 9.95. The normalized spacial score (nSPS) is 14.2. The molecule has 10 heteroatoms. The van der Waals surface area contributed by atoms with Crippen LogP contribution in [0.15, 0.2) is 48.9 Å². The average molecular weight is 498 g/mol. The predicted molar refractivity (Wildman–Crippen MR) is 130 cm³/mol. The third-order valence-corrected chi connectivity index (χ3v) is 6.28. The van der Waals surface area contributed by atoms with E-state index in [1.165, 1.54) is 24.7 Å². The Bertz CT molecular complexity index is 1320. The van der Waals surface area contributed by atoms with E-state index in [2.05, 4.69) is 20.6 Å². The van der Waals surface area contributed by atoms with Gasteiger partial charge in [-0.2, -0.15) is 13.2 Å². The molecule has 0 radical (unpaired) electrons. The molecule has 1 amide bonds. The molecule has 0 bridgehead atoms. The summed E-state index contributed by atoms with van der Waals surface area (Å²) >= 11 is 0. The molecule has 188 valence electrons. The topological polar surface area (TPSA) is 110 Å². The number of rotatable bonds is 8. The van der Waals surface area contributed by atoms with Crippen molar-refractivity contribution in [3.63, 3.8) is 0 Å². The maximum atomic E-state index is 13.4. The summed E-state index contributed by atoms with van der Waals surface area (Å²) in [4.78, 5) is 33.7. The zero-order valence-corrected chi connectivity index (χ0v) is 19.9. The number of Topliss-reactive ketones (excluding diaryl/α,β-unsaturated/α-hetero) is 1. The molecule has 1 aromatic carbocycles. The molecule has 0 aliphatic heterocycles. The SMILES string of the molecule is Cc1ccc(Nc2cnc(CNC(=O)C3(CC(=O)c4cncc(N)c4)CC3)c(C)c2)c(C(F)(F)F)c1. The number of carbonyl (C=O) groups is 2. The molecule has 2 heterocycles. The molecule has 1 saturated carbocycles. The Morgan fingerprint density at radius 3 is 2.47 bits per heavy atom. The summed E-state index contributed by atoms with van der Waals surface area (Å²) in [6.07, 6.45) is 1.09. The number of pyridine rings is 2. The van der Waals surface area contributed by atoms with E-state index in [1.54, 1.807) is 32.0 Å². The van der Waals surface area contributed by atoms with Crippen molar-refractivity contribution in [2.24, 2.45) is 5.41 Å². The van der Waals surface area contributed by atoms with Gasteiger partial charge in [-0.3, -0.25) is 19.6 Å². The summed E-state index contributed by atoms with van der Waals surface area (Å²) in [7, 11) is 0. The van der Waals surface area contributed by atoms with Crippen LogP contribution in [-0.2, 0) is 17.5 Å². The number of nitrogens with two attached hydrogens (primary N) is 1. The number of alkyl halides is 3. The van der Waals surface area contributed by atoms with Gasteiger partial charge in [-0.15, -0.1) is 0 Å². The van der Waals surface area contributed by atoms with Crippen LogP contribution in [0.1, 0.15) is 52.0 Å². The summed E-state index contributed by atoms with van der Waals surface area (Å²) in [5.74, 6) is -0.424. The van der Waals surface area contributed by atoms with E-state index in [0.29, 0.717) is 46.6 Å². The second-order valence-corrected chi connectivity index (χ2v) is 9.23.